The number of allylic oxidation sites excluding steroid dienone is 2. The lowest BCUT2D eigenvalue weighted by Gasteiger charge is -2.38. The summed E-state index contributed by atoms with van der Waals surface area (Å²) >= 11 is 5.90. The number of carbonyl (C=O) groups excluding carboxylic acids is 2. The molecule has 4 aromatic rings. The number of aliphatic hydroxyl groups is 3. The van der Waals surface area contributed by atoms with Gasteiger partial charge >= 0.3 is 11.8 Å². The molecule has 4 heterocycles. The summed E-state index contributed by atoms with van der Waals surface area (Å²) in [5.74, 6) is -6.61. The van der Waals surface area contributed by atoms with Crippen molar-refractivity contribution in [2.24, 2.45) is 23.7 Å². The van der Waals surface area contributed by atoms with Gasteiger partial charge in [-0.25, -0.2) is 4.98 Å². The average Bonchev–Trinajstić information content (AvgIpc) is 3.54. The molecule has 1 aromatic heterocycles. The molecule has 16 nitrogen and oxygen atoms in total. The number of hydrogen-bond acceptors (Lipinski definition) is 16. The molecule has 5 N–H and O–H groups in total. The van der Waals surface area contributed by atoms with Crippen LogP contribution in [0.5, 0.6) is 11.5 Å². The van der Waals surface area contributed by atoms with E-state index in [0.717, 1.165) is 31.9 Å². The van der Waals surface area contributed by atoms with E-state index in [9.17, 15) is 34.8 Å². The Morgan fingerprint density at radius 3 is 2.32 bits per heavy atom. The number of nitrogens with zero attached hydrogens (tertiary/aromatic N) is 3. The second-order valence-electron chi connectivity index (χ2n) is 17.8. The number of anilines is 2. The quantitative estimate of drug-likeness (QED) is 0.0724. The first-order valence-electron chi connectivity index (χ1n) is 21.8. The number of rotatable bonds is 3. The van der Waals surface area contributed by atoms with Gasteiger partial charge in [0.1, 0.15) is 34.3 Å². The summed E-state index contributed by atoms with van der Waals surface area (Å²) in [6.07, 6.45) is 3.74. The van der Waals surface area contributed by atoms with Gasteiger partial charge in [0.15, 0.2) is 16.9 Å². The number of phenolic OH excluding ortho intramolecular Hbond substituents is 1. The normalized spacial score (nSPS) is 30.2. The first-order valence-corrected chi connectivity index (χ1v) is 22.2. The number of nitrogens with one attached hydrogen (secondary N) is 1. The predicted molar refractivity (Wildman–Crippen MR) is 249 cm³/mol. The van der Waals surface area contributed by atoms with Crippen LogP contribution in [-0.4, -0.2) is 113 Å². The Morgan fingerprint density at radius 1 is 0.969 bits per heavy atom. The van der Waals surface area contributed by atoms with Crippen molar-refractivity contribution in [1.29, 1.82) is 0 Å². The Kier molecular flexibility index (Phi) is 13.4. The molecule has 7 rings (SSSR count). The summed E-state index contributed by atoms with van der Waals surface area (Å²) < 4.78 is 31.0. The van der Waals surface area contributed by atoms with Crippen molar-refractivity contribution in [3.05, 3.63) is 73.8 Å². The lowest BCUT2D eigenvalue weighted by Crippen LogP contribution is -2.46. The SMILES string of the molecule is CO[C@H]1/C=C/OC2(C)Oc3c(C)c(O)c4c(=O)c(c5oc6cc(N7CCN(C)CC7)cc(=S)c6nc5c4c3=C2O)NC(=O)/C(C)=C\C=C\[C@H](C)[C@H](O)[C@@H](C)[C@@H](O)[C@@H](C)[C@H](OC(C)=O)[C@@H]1C. The van der Waals surface area contributed by atoms with Crippen molar-refractivity contribution < 1.29 is 53.4 Å². The molecule has 3 aliphatic heterocycles. The van der Waals surface area contributed by atoms with Gasteiger partial charge in [0.05, 0.1) is 39.7 Å². The molecule has 1 fully saturated rings. The van der Waals surface area contributed by atoms with Gasteiger partial charge in [-0.05, 0) is 33.0 Å². The number of hydrogen-bond donors (Lipinski definition) is 5. The second kappa shape index (κ2) is 18.4. The number of carbonyl (C=O) groups is 2. The van der Waals surface area contributed by atoms with Crippen molar-refractivity contribution >= 4 is 74.2 Å². The molecule has 1 saturated heterocycles. The number of phenols is 1. The monoisotopic (exact) mass is 914 g/mol. The molecule has 65 heavy (non-hydrogen) atoms. The third-order valence-corrected chi connectivity index (χ3v) is 13.6. The Hall–Kier alpha value is -5.59. The lowest BCUT2D eigenvalue weighted by atomic mass is 9.78. The summed E-state index contributed by atoms with van der Waals surface area (Å²) in [6, 6.07) is 3.62. The van der Waals surface area contributed by atoms with E-state index >= 15 is 0 Å². The molecule has 3 aromatic carbocycles. The van der Waals surface area contributed by atoms with Crippen molar-refractivity contribution in [2.75, 3.05) is 50.6 Å². The van der Waals surface area contributed by atoms with E-state index in [2.05, 4.69) is 22.2 Å². The fraction of sp³-hybridized carbons (Fsp3) is 0.479. The molecule has 0 saturated carbocycles. The minimum atomic E-state index is -1.94. The number of aliphatic hydroxyl groups excluding tert-OH is 3. The Morgan fingerprint density at radius 2 is 1.66 bits per heavy atom. The van der Waals surface area contributed by atoms with Gasteiger partial charge in [-0.2, -0.15) is 0 Å². The Bertz CT molecular complexity index is 2830. The first kappa shape index (κ1) is 47.4. The number of esters is 1. The van der Waals surface area contributed by atoms with Crippen LogP contribution in [0.25, 0.3) is 38.7 Å². The highest BCUT2D eigenvalue weighted by Gasteiger charge is 2.44. The van der Waals surface area contributed by atoms with E-state index in [1.54, 1.807) is 58.9 Å². The highest BCUT2D eigenvalue weighted by atomic mass is 32.1. The third-order valence-electron chi connectivity index (χ3n) is 13.3. The van der Waals surface area contributed by atoms with Gasteiger partial charge in [-0.3, -0.25) is 14.4 Å². The van der Waals surface area contributed by atoms with Crippen LogP contribution >= 0.6 is 12.2 Å². The first-order chi connectivity index (χ1) is 30.7. The maximum absolute atomic E-state index is 14.9. The second-order valence-corrected chi connectivity index (χ2v) is 18.3. The number of piperazine rings is 1. The highest BCUT2D eigenvalue weighted by molar-refractivity contribution is 7.71. The Balaban J connectivity index is 1.48. The number of likely N-dealkylation sites (N-methyl/N-ethyl adjacent to an activating group) is 1. The number of benzene rings is 3. The number of methoxy groups -OCH3 is 1. The fourth-order valence-electron chi connectivity index (χ4n) is 9.12. The van der Waals surface area contributed by atoms with Crippen LogP contribution in [0.4, 0.5) is 11.4 Å². The summed E-state index contributed by atoms with van der Waals surface area (Å²) in [5, 5.41) is 49.5. The van der Waals surface area contributed by atoms with Crippen LogP contribution in [0, 0.1) is 35.1 Å². The summed E-state index contributed by atoms with van der Waals surface area (Å²) in [7, 11) is 3.51. The van der Waals surface area contributed by atoms with Crippen molar-refractivity contribution in [3.63, 3.8) is 0 Å². The standard InChI is InChI=1S/C48H58N4O12S/c1-22-12-11-13-23(2)47(59)50-38-42(57)34-33(37-45(38)63-31-20-29(21-32(65)36(31)49-37)52-17-15-51(9)16-18-52)35-44(27(6)41(34)56)64-48(8,46(35)58)61-19-14-30(60-10)24(3)43(62-28(7)53)26(5)40(55)25(4)39(22)54/h11-14,19-22,24-26,30,39-40,43,54-56,58H,15-18H2,1-10H3,(H,50,59)/b12-11+,19-14+,23-13-/t22-,24+,25+,26+,30-,39-,40+,43+,48?/m0/s1. The van der Waals surface area contributed by atoms with Gasteiger partial charge in [0, 0.05) is 99.1 Å². The van der Waals surface area contributed by atoms with Gasteiger partial charge in [-0.1, -0.05) is 58.1 Å². The van der Waals surface area contributed by atoms with Crippen LogP contribution in [0.3, 0.4) is 0 Å². The van der Waals surface area contributed by atoms with E-state index in [-0.39, 0.29) is 60.8 Å². The molecule has 17 heteroatoms. The van der Waals surface area contributed by atoms with Gasteiger partial charge in [-0.15, -0.1) is 0 Å². The maximum atomic E-state index is 14.9. The molecular weight excluding hydrogens is 857 g/mol. The van der Waals surface area contributed by atoms with Gasteiger partial charge in [0.2, 0.25) is 5.43 Å². The highest BCUT2D eigenvalue weighted by Crippen LogP contribution is 2.42. The summed E-state index contributed by atoms with van der Waals surface area (Å²) in [5.41, 5.74) is 0.304. The minimum Gasteiger partial charge on any atom is -0.507 e. The largest absolute Gasteiger partial charge is 0.507 e. The molecule has 0 spiro atoms. The molecule has 9 atom stereocenters. The van der Waals surface area contributed by atoms with Crippen molar-refractivity contribution in [1.82, 2.24) is 9.88 Å². The molecule has 3 aliphatic rings. The van der Waals surface area contributed by atoms with E-state index in [1.165, 1.54) is 40.2 Å². The van der Waals surface area contributed by atoms with Crippen LogP contribution in [0.1, 0.15) is 54.0 Å². The number of aromatic nitrogens is 1. The number of fused-ring (bicyclic) bond motifs is 2. The molecule has 0 aliphatic carbocycles. The fourth-order valence-corrected chi connectivity index (χ4v) is 9.39. The summed E-state index contributed by atoms with van der Waals surface area (Å²) in [4.78, 5) is 50.7. The zero-order chi connectivity index (χ0) is 47.4. The lowest BCUT2D eigenvalue weighted by molar-refractivity contribution is -0.160. The summed E-state index contributed by atoms with van der Waals surface area (Å²) in [6.45, 7) is 15.9. The van der Waals surface area contributed by atoms with Gasteiger partial charge < -0.3 is 58.9 Å². The van der Waals surface area contributed by atoms with E-state index < -0.39 is 82.7 Å². The minimum absolute atomic E-state index is 0.00260. The van der Waals surface area contributed by atoms with Crippen LogP contribution in [0.15, 0.2) is 57.5 Å². The smallest absolute Gasteiger partial charge is 0.307 e. The predicted octanol–water partition coefficient (Wildman–Crippen LogP) is 5.68. The zero-order valence-electron chi connectivity index (χ0n) is 38.3. The Labute approximate surface area is 381 Å². The topological polar surface area (TPSA) is 214 Å². The van der Waals surface area contributed by atoms with Gasteiger partial charge in [0.25, 0.3) is 5.91 Å². The van der Waals surface area contributed by atoms with Crippen molar-refractivity contribution in [3.8, 4) is 11.5 Å². The van der Waals surface area contributed by atoms with Crippen molar-refractivity contribution in [2.45, 2.75) is 85.6 Å². The number of amides is 1. The average molecular weight is 915 g/mol. The number of ether oxygens (including phenoxy) is 4. The molecule has 4 bridgehead atoms. The molecule has 1 unspecified atom stereocenters. The number of aromatic hydroxyl groups is 1. The van der Waals surface area contributed by atoms with Crippen LogP contribution in [0.2, 0.25) is 0 Å². The molecule has 348 valence electrons. The van der Waals surface area contributed by atoms with E-state index in [1.807, 2.05) is 6.07 Å². The zero-order valence-corrected chi connectivity index (χ0v) is 39.1. The third kappa shape index (κ3) is 8.67. The molecule has 0 radical (unpaired) electrons. The maximum Gasteiger partial charge on any atom is 0.307 e. The van der Waals surface area contributed by atoms with Crippen LogP contribution in [-0.2, 0) is 23.8 Å². The van der Waals surface area contributed by atoms with E-state index in [4.69, 9.17) is 40.6 Å². The van der Waals surface area contributed by atoms with Crippen LogP contribution < -0.4 is 25.6 Å². The van der Waals surface area contributed by atoms with E-state index in [0.29, 0.717) is 4.51 Å². The molecular formula is C48H58N4O12S. The molecule has 1 amide bonds.